The predicted octanol–water partition coefficient (Wildman–Crippen LogP) is 3.73. The first-order chi connectivity index (χ1) is 10.0. The summed E-state index contributed by atoms with van der Waals surface area (Å²) >= 11 is 0. The van der Waals surface area contributed by atoms with Crippen LogP contribution in [0.2, 0.25) is 0 Å². The van der Waals surface area contributed by atoms with Crippen molar-refractivity contribution in [3.8, 4) is 11.5 Å². The van der Waals surface area contributed by atoms with E-state index >= 15 is 0 Å². The molecule has 3 nitrogen and oxygen atoms in total. The Labute approximate surface area is 128 Å². The second-order valence-corrected chi connectivity index (χ2v) is 7.33. The quantitative estimate of drug-likeness (QED) is 0.919. The van der Waals surface area contributed by atoms with Gasteiger partial charge in [0.15, 0.2) is 11.5 Å². The zero-order valence-electron chi connectivity index (χ0n) is 13.4. The summed E-state index contributed by atoms with van der Waals surface area (Å²) < 4.78 is 11.4. The van der Waals surface area contributed by atoms with Crippen molar-refractivity contribution in [1.82, 2.24) is 5.32 Å². The van der Waals surface area contributed by atoms with Crippen LogP contribution in [0.5, 0.6) is 11.5 Å². The minimum absolute atomic E-state index is 0.194. The third-order valence-electron chi connectivity index (χ3n) is 4.55. The number of benzene rings is 1. The van der Waals surface area contributed by atoms with Gasteiger partial charge in [-0.15, -0.1) is 0 Å². The lowest BCUT2D eigenvalue weighted by Crippen LogP contribution is -2.39. The van der Waals surface area contributed by atoms with Crippen LogP contribution in [0.3, 0.4) is 0 Å². The largest absolute Gasteiger partial charge is 0.486 e. The minimum Gasteiger partial charge on any atom is -0.486 e. The van der Waals surface area contributed by atoms with Gasteiger partial charge in [0.05, 0.1) is 0 Å². The normalized spacial score (nSPS) is 25.1. The van der Waals surface area contributed by atoms with Gasteiger partial charge in [-0.05, 0) is 69.7 Å². The van der Waals surface area contributed by atoms with Crippen molar-refractivity contribution < 1.29 is 9.47 Å². The first kappa shape index (κ1) is 14.7. The predicted molar refractivity (Wildman–Crippen MR) is 85.3 cm³/mol. The van der Waals surface area contributed by atoms with Crippen molar-refractivity contribution in [2.45, 2.75) is 51.5 Å². The van der Waals surface area contributed by atoms with Crippen LogP contribution in [0.15, 0.2) is 18.2 Å². The highest BCUT2D eigenvalue weighted by atomic mass is 16.6. The van der Waals surface area contributed by atoms with Gasteiger partial charge in [0.2, 0.25) is 0 Å². The van der Waals surface area contributed by atoms with Crippen LogP contribution < -0.4 is 14.8 Å². The standard InChI is InChI=1S/C18H27NO2/c1-18(2,3)19-12-14-5-4-6-15(14)13-7-8-16-17(11-13)21-10-9-20-16/h7-8,11,14-15,19H,4-6,9-10,12H2,1-3H3. The average molecular weight is 289 g/mol. The van der Waals surface area contributed by atoms with Crippen LogP contribution in [0.1, 0.15) is 51.5 Å². The molecule has 0 amide bonds. The monoisotopic (exact) mass is 289 g/mol. The molecule has 3 heteroatoms. The number of hydrogen-bond donors (Lipinski definition) is 1. The molecule has 0 bridgehead atoms. The van der Waals surface area contributed by atoms with E-state index in [0.29, 0.717) is 19.1 Å². The van der Waals surface area contributed by atoms with Crippen LogP contribution in [-0.2, 0) is 0 Å². The molecule has 1 aromatic rings. The molecule has 0 saturated heterocycles. The van der Waals surface area contributed by atoms with Crippen molar-refractivity contribution >= 4 is 0 Å². The van der Waals surface area contributed by atoms with Gasteiger partial charge in [-0.3, -0.25) is 0 Å². The molecule has 1 aliphatic carbocycles. The van der Waals surface area contributed by atoms with E-state index in [9.17, 15) is 0 Å². The Bertz CT molecular complexity index is 492. The Morgan fingerprint density at radius 2 is 1.86 bits per heavy atom. The van der Waals surface area contributed by atoms with Crippen molar-refractivity contribution in [2.75, 3.05) is 19.8 Å². The Balaban J connectivity index is 1.72. The average Bonchev–Trinajstić information content (AvgIpc) is 2.92. The van der Waals surface area contributed by atoms with Gasteiger partial charge in [-0.25, -0.2) is 0 Å². The Morgan fingerprint density at radius 1 is 1.10 bits per heavy atom. The zero-order chi connectivity index (χ0) is 14.9. The third kappa shape index (κ3) is 3.52. The molecular formula is C18H27NO2. The van der Waals surface area contributed by atoms with Gasteiger partial charge in [-0.2, -0.15) is 0 Å². The summed E-state index contributed by atoms with van der Waals surface area (Å²) in [5, 5.41) is 3.67. The first-order valence-corrected chi connectivity index (χ1v) is 8.17. The molecule has 1 heterocycles. The van der Waals surface area contributed by atoms with E-state index in [1.165, 1.54) is 24.8 Å². The summed E-state index contributed by atoms with van der Waals surface area (Å²) in [5.74, 6) is 3.20. The Morgan fingerprint density at radius 3 is 2.62 bits per heavy atom. The van der Waals surface area contributed by atoms with E-state index in [1.54, 1.807) is 0 Å². The van der Waals surface area contributed by atoms with E-state index in [0.717, 1.165) is 24.0 Å². The fraction of sp³-hybridized carbons (Fsp3) is 0.667. The van der Waals surface area contributed by atoms with E-state index in [-0.39, 0.29) is 5.54 Å². The summed E-state index contributed by atoms with van der Waals surface area (Å²) in [4.78, 5) is 0. The topological polar surface area (TPSA) is 30.5 Å². The molecule has 116 valence electrons. The minimum atomic E-state index is 0.194. The van der Waals surface area contributed by atoms with Crippen molar-refractivity contribution in [3.63, 3.8) is 0 Å². The highest BCUT2D eigenvalue weighted by Gasteiger charge is 2.30. The van der Waals surface area contributed by atoms with E-state index in [4.69, 9.17) is 9.47 Å². The molecule has 2 aliphatic rings. The molecule has 3 rings (SSSR count). The molecule has 1 fully saturated rings. The molecule has 0 radical (unpaired) electrons. The molecular weight excluding hydrogens is 262 g/mol. The van der Waals surface area contributed by atoms with E-state index in [2.05, 4.69) is 44.3 Å². The maximum Gasteiger partial charge on any atom is 0.161 e. The Kier molecular flexibility index (Phi) is 4.12. The van der Waals surface area contributed by atoms with Crippen LogP contribution in [0, 0.1) is 5.92 Å². The van der Waals surface area contributed by atoms with Gasteiger partial charge in [-0.1, -0.05) is 12.5 Å². The lowest BCUT2D eigenvalue weighted by molar-refractivity contribution is 0.171. The summed E-state index contributed by atoms with van der Waals surface area (Å²) in [6.07, 6.45) is 3.94. The summed E-state index contributed by atoms with van der Waals surface area (Å²) in [7, 11) is 0. The van der Waals surface area contributed by atoms with E-state index in [1.807, 2.05) is 0 Å². The Hall–Kier alpha value is -1.22. The first-order valence-electron chi connectivity index (χ1n) is 8.17. The van der Waals surface area contributed by atoms with Crippen LogP contribution >= 0.6 is 0 Å². The van der Waals surface area contributed by atoms with Gasteiger partial charge in [0.1, 0.15) is 13.2 Å². The van der Waals surface area contributed by atoms with Crippen molar-refractivity contribution in [3.05, 3.63) is 23.8 Å². The molecule has 0 aromatic heterocycles. The van der Waals surface area contributed by atoms with Gasteiger partial charge < -0.3 is 14.8 Å². The number of nitrogens with one attached hydrogen (secondary N) is 1. The van der Waals surface area contributed by atoms with Crippen molar-refractivity contribution in [1.29, 1.82) is 0 Å². The lowest BCUT2D eigenvalue weighted by Gasteiger charge is -2.27. The number of fused-ring (bicyclic) bond motifs is 1. The molecule has 2 atom stereocenters. The maximum absolute atomic E-state index is 5.73. The summed E-state index contributed by atoms with van der Waals surface area (Å²) in [5.41, 5.74) is 1.61. The number of rotatable bonds is 3. The SMILES string of the molecule is CC(C)(C)NCC1CCCC1c1ccc2c(c1)OCCO2. The molecule has 0 spiro atoms. The summed E-state index contributed by atoms with van der Waals surface area (Å²) in [6.45, 7) is 9.13. The van der Waals surface area contributed by atoms with Gasteiger partial charge in [0.25, 0.3) is 0 Å². The maximum atomic E-state index is 5.73. The molecule has 1 aliphatic heterocycles. The molecule has 21 heavy (non-hydrogen) atoms. The van der Waals surface area contributed by atoms with Crippen LogP contribution in [0.25, 0.3) is 0 Å². The summed E-state index contributed by atoms with van der Waals surface area (Å²) in [6, 6.07) is 6.51. The van der Waals surface area contributed by atoms with Crippen LogP contribution in [-0.4, -0.2) is 25.3 Å². The second kappa shape index (κ2) is 5.88. The highest BCUT2D eigenvalue weighted by molar-refractivity contribution is 5.45. The molecule has 1 aromatic carbocycles. The van der Waals surface area contributed by atoms with Gasteiger partial charge >= 0.3 is 0 Å². The van der Waals surface area contributed by atoms with E-state index < -0.39 is 0 Å². The number of hydrogen-bond acceptors (Lipinski definition) is 3. The third-order valence-corrected chi connectivity index (χ3v) is 4.55. The van der Waals surface area contributed by atoms with Crippen LogP contribution in [0.4, 0.5) is 0 Å². The second-order valence-electron chi connectivity index (χ2n) is 7.33. The molecule has 1 N–H and O–H groups in total. The number of ether oxygens (including phenoxy) is 2. The molecule has 1 saturated carbocycles. The highest BCUT2D eigenvalue weighted by Crippen LogP contribution is 2.42. The fourth-order valence-corrected chi connectivity index (χ4v) is 3.45. The fourth-order valence-electron chi connectivity index (χ4n) is 3.45. The zero-order valence-corrected chi connectivity index (χ0v) is 13.4. The van der Waals surface area contributed by atoms with Crippen molar-refractivity contribution in [2.24, 2.45) is 5.92 Å². The smallest absolute Gasteiger partial charge is 0.161 e. The lowest BCUT2D eigenvalue weighted by atomic mass is 9.88. The van der Waals surface area contributed by atoms with Gasteiger partial charge in [0, 0.05) is 5.54 Å². The molecule has 2 unspecified atom stereocenters.